The van der Waals surface area contributed by atoms with Crippen molar-refractivity contribution < 1.29 is 0 Å². The molecule has 0 N–H and O–H groups in total. The van der Waals surface area contributed by atoms with E-state index in [2.05, 4.69) is 73.2 Å². The summed E-state index contributed by atoms with van der Waals surface area (Å²) in [4.78, 5) is 2.28. The van der Waals surface area contributed by atoms with E-state index in [1.807, 2.05) is 11.3 Å². The summed E-state index contributed by atoms with van der Waals surface area (Å²) in [7, 11) is 0. The summed E-state index contributed by atoms with van der Waals surface area (Å²) in [6.45, 7) is 6.48. The van der Waals surface area contributed by atoms with Gasteiger partial charge in [-0.3, -0.25) is 0 Å². The SMILES string of the molecule is C=C1c2cc3sc4ccccc4c3cc2C2C=C(C)C=CN12. The van der Waals surface area contributed by atoms with Crippen LogP contribution in [0.3, 0.4) is 0 Å². The fraction of sp³-hybridized carbons (Fsp3) is 0.100. The average Bonchev–Trinajstić information content (AvgIpc) is 3.02. The maximum atomic E-state index is 4.32. The van der Waals surface area contributed by atoms with E-state index in [0.29, 0.717) is 6.04 Å². The molecule has 2 heteroatoms. The molecule has 3 aromatic rings. The monoisotopic (exact) mass is 301 g/mol. The lowest BCUT2D eigenvalue weighted by atomic mass is 9.98. The van der Waals surface area contributed by atoms with Gasteiger partial charge in [-0.1, -0.05) is 36.4 Å². The summed E-state index contributed by atoms with van der Waals surface area (Å²) in [6.07, 6.45) is 6.65. The smallest absolute Gasteiger partial charge is 0.0782 e. The van der Waals surface area contributed by atoms with Gasteiger partial charge in [0.25, 0.3) is 0 Å². The maximum absolute atomic E-state index is 4.32. The topological polar surface area (TPSA) is 3.24 Å². The Hall–Kier alpha value is -2.32. The zero-order chi connectivity index (χ0) is 14.8. The van der Waals surface area contributed by atoms with Gasteiger partial charge in [0.05, 0.1) is 6.04 Å². The molecule has 1 aromatic heterocycles. The lowest BCUT2D eigenvalue weighted by molar-refractivity contribution is 0.479. The third-order valence-electron chi connectivity index (χ3n) is 4.71. The van der Waals surface area contributed by atoms with Gasteiger partial charge in [0.15, 0.2) is 0 Å². The molecule has 2 aliphatic heterocycles. The van der Waals surface area contributed by atoms with Crippen molar-refractivity contribution in [1.29, 1.82) is 0 Å². The van der Waals surface area contributed by atoms with Crippen molar-refractivity contribution in [3.8, 4) is 0 Å². The molecule has 0 saturated heterocycles. The minimum atomic E-state index is 0.301. The second kappa shape index (κ2) is 4.11. The van der Waals surface area contributed by atoms with Crippen LogP contribution in [0.5, 0.6) is 0 Å². The van der Waals surface area contributed by atoms with E-state index in [1.54, 1.807) is 0 Å². The Morgan fingerprint density at radius 3 is 2.86 bits per heavy atom. The molecule has 106 valence electrons. The van der Waals surface area contributed by atoms with Gasteiger partial charge >= 0.3 is 0 Å². The molecule has 0 saturated carbocycles. The van der Waals surface area contributed by atoms with E-state index in [-0.39, 0.29) is 0 Å². The lowest BCUT2D eigenvalue weighted by Gasteiger charge is -2.25. The highest BCUT2D eigenvalue weighted by molar-refractivity contribution is 7.25. The quantitative estimate of drug-likeness (QED) is 0.503. The van der Waals surface area contributed by atoms with Gasteiger partial charge in [0.1, 0.15) is 0 Å². The Kier molecular flexibility index (Phi) is 2.29. The minimum Gasteiger partial charge on any atom is -0.337 e. The van der Waals surface area contributed by atoms with E-state index < -0.39 is 0 Å². The first-order valence-electron chi connectivity index (χ1n) is 7.52. The van der Waals surface area contributed by atoms with Crippen LogP contribution in [0.4, 0.5) is 0 Å². The molecule has 0 bridgehead atoms. The van der Waals surface area contributed by atoms with Crippen LogP contribution in [0.25, 0.3) is 25.9 Å². The predicted molar refractivity (Wildman–Crippen MR) is 95.8 cm³/mol. The number of allylic oxidation sites excluding steroid dienone is 2. The number of hydrogen-bond acceptors (Lipinski definition) is 2. The predicted octanol–water partition coefficient (Wildman–Crippen LogP) is 5.86. The standard InChI is InChI=1S/C20H15NS/c1-12-7-8-21-13(2)15-11-20-17(10-16(15)18(21)9-12)14-5-3-4-6-19(14)22-20/h3-11,18H,2H2,1H3. The number of rotatable bonds is 0. The fourth-order valence-electron chi connectivity index (χ4n) is 3.59. The average molecular weight is 301 g/mol. The largest absolute Gasteiger partial charge is 0.337 e. The molecule has 2 aliphatic rings. The van der Waals surface area contributed by atoms with Crippen molar-refractivity contribution in [2.75, 3.05) is 0 Å². The van der Waals surface area contributed by atoms with Crippen molar-refractivity contribution in [3.63, 3.8) is 0 Å². The molecule has 0 spiro atoms. The number of benzene rings is 2. The first-order valence-corrected chi connectivity index (χ1v) is 8.33. The van der Waals surface area contributed by atoms with Gasteiger partial charge in [-0.05, 0) is 36.8 Å². The van der Waals surface area contributed by atoms with Crippen LogP contribution in [-0.2, 0) is 0 Å². The molecule has 0 aliphatic carbocycles. The molecule has 0 radical (unpaired) electrons. The van der Waals surface area contributed by atoms with Crippen molar-refractivity contribution in [3.05, 3.63) is 78.0 Å². The van der Waals surface area contributed by atoms with E-state index in [1.165, 1.54) is 36.9 Å². The zero-order valence-electron chi connectivity index (χ0n) is 12.3. The van der Waals surface area contributed by atoms with Gasteiger partial charge in [-0.15, -0.1) is 11.3 Å². The summed E-state index contributed by atoms with van der Waals surface area (Å²) >= 11 is 1.87. The van der Waals surface area contributed by atoms with Crippen LogP contribution in [0, 0.1) is 0 Å². The van der Waals surface area contributed by atoms with Crippen molar-refractivity contribution in [2.24, 2.45) is 0 Å². The van der Waals surface area contributed by atoms with Crippen molar-refractivity contribution in [1.82, 2.24) is 4.90 Å². The number of thiophene rings is 1. The zero-order valence-corrected chi connectivity index (χ0v) is 13.2. The molecule has 2 aromatic carbocycles. The Labute approximate surface area is 133 Å². The summed E-state index contributed by atoms with van der Waals surface area (Å²) in [5.41, 5.74) is 5.10. The Morgan fingerprint density at radius 2 is 1.95 bits per heavy atom. The van der Waals surface area contributed by atoms with Crippen molar-refractivity contribution in [2.45, 2.75) is 13.0 Å². The first-order chi connectivity index (χ1) is 10.7. The molecule has 0 amide bonds. The number of fused-ring (bicyclic) bond motifs is 6. The second-order valence-electron chi connectivity index (χ2n) is 6.06. The third kappa shape index (κ3) is 1.48. The van der Waals surface area contributed by atoms with Gasteiger partial charge in [0, 0.05) is 37.6 Å². The molecule has 1 nitrogen and oxygen atoms in total. The highest BCUT2D eigenvalue weighted by Crippen LogP contribution is 2.47. The van der Waals surface area contributed by atoms with E-state index >= 15 is 0 Å². The third-order valence-corrected chi connectivity index (χ3v) is 5.84. The Balaban J connectivity index is 1.84. The summed E-state index contributed by atoms with van der Waals surface area (Å²) in [5.74, 6) is 0. The van der Waals surface area contributed by atoms with E-state index in [9.17, 15) is 0 Å². The van der Waals surface area contributed by atoms with E-state index in [0.717, 1.165) is 5.70 Å². The summed E-state index contributed by atoms with van der Waals surface area (Å²) in [5, 5.41) is 2.73. The molecule has 22 heavy (non-hydrogen) atoms. The van der Waals surface area contributed by atoms with Crippen LogP contribution < -0.4 is 0 Å². The lowest BCUT2D eigenvalue weighted by Crippen LogP contribution is -2.15. The van der Waals surface area contributed by atoms with E-state index in [4.69, 9.17) is 0 Å². The number of hydrogen-bond donors (Lipinski definition) is 0. The van der Waals surface area contributed by atoms with Crippen LogP contribution >= 0.6 is 11.3 Å². The summed E-state index contributed by atoms with van der Waals surface area (Å²) < 4.78 is 2.71. The first kappa shape index (κ1) is 12.2. The summed E-state index contributed by atoms with van der Waals surface area (Å²) in [6, 6.07) is 13.7. The van der Waals surface area contributed by atoms with Gasteiger partial charge < -0.3 is 4.90 Å². The van der Waals surface area contributed by atoms with Crippen molar-refractivity contribution >= 4 is 37.2 Å². The van der Waals surface area contributed by atoms with Gasteiger partial charge in [0.2, 0.25) is 0 Å². The van der Waals surface area contributed by atoms with Gasteiger partial charge in [-0.2, -0.15) is 0 Å². The fourth-order valence-corrected chi connectivity index (χ4v) is 4.72. The molecule has 1 unspecified atom stereocenters. The Bertz CT molecular complexity index is 1020. The molecular formula is C20H15NS. The number of nitrogens with zero attached hydrogens (tertiary/aromatic N) is 1. The van der Waals surface area contributed by atoms with Crippen LogP contribution in [0.15, 0.2) is 66.9 Å². The van der Waals surface area contributed by atoms with Crippen LogP contribution in [0.1, 0.15) is 24.1 Å². The van der Waals surface area contributed by atoms with Gasteiger partial charge in [-0.25, -0.2) is 0 Å². The minimum absolute atomic E-state index is 0.301. The highest BCUT2D eigenvalue weighted by Gasteiger charge is 2.32. The van der Waals surface area contributed by atoms with Crippen LogP contribution in [-0.4, -0.2) is 4.90 Å². The Morgan fingerprint density at radius 1 is 1.09 bits per heavy atom. The molecule has 1 atom stereocenters. The normalized spacial score (nSPS) is 19.7. The molecule has 5 rings (SSSR count). The molecule has 3 heterocycles. The molecular weight excluding hydrogens is 286 g/mol. The second-order valence-corrected chi connectivity index (χ2v) is 7.14. The molecule has 0 fully saturated rings. The maximum Gasteiger partial charge on any atom is 0.0782 e. The highest BCUT2D eigenvalue weighted by atomic mass is 32.1. The van der Waals surface area contributed by atoms with Crippen LogP contribution in [0.2, 0.25) is 0 Å².